The van der Waals surface area contributed by atoms with E-state index in [1.807, 2.05) is 30.3 Å². The molecule has 1 aromatic heterocycles. The Morgan fingerprint density at radius 1 is 1.19 bits per heavy atom. The van der Waals surface area contributed by atoms with Gasteiger partial charge in [-0.1, -0.05) is 43.3 Å². The molecule has 0 saturated carbocycles. The maximum atomic E-state index is 6.06. The lowest BCUT2D eigenvalue weighted by Gasteiger charge is -2.28. The molecule has 2 atom stereocenters. The first kappa shape index (κ1) is 15.5. The summed E-state index contributed by atoms with van der Waals surface area (Å²) in [5.74, 6) is 0.545. The highest BCUT2D eigenvalue weighted by atomic mass is 16.5. The molecule has 0 aliphatic heterocycles. The summed E-state index contributed by atoms with van der Waals surface area (Å²) >= 11 is 0. The quantitative estimate of drug-likeness (QED) is 0.820. The van der Waals surface area contributed by atoms with E-state index in [4.69, 9.17) is 10.5 Å². The zero-order chi connectivity index (χ0) is 15.1. The molecule has 0 fully saturated rings. The number of nitrogens with zero attached hydrogens (tertiary/aromatic N) is 1. The highest BCUT2D eigenvalue weighted by molar-refractivity contribution is 5.42. The Bertz CT molecular complexity index is 545. The number of rotatable bonds is 7. The number of pyridine rings is 1. The van der Waals surface area contributed by atoms with Crippen molar-refractivity contribution < 1.29 is 4.74 Å². The molecule has 3 N–H and O–H groups in total. The fourth-order valence-electron chi connectivity index (χ4n) is 2.48. The van der Waals surface area contributed by atoms with Crippen LogP contribution in [-0.4, -0.2) is 18.6 Å². The number of nitrogen functional groups attached to an aromatic ring is 1. The molecule has 0 radical (unpaired) electrons. The molecule has 4 heteroatoms. The van der Waals surface area contributed by atoms with Gasteiger partial charge in [-0.15, -0.1) is 0 Å². The average Bonchev–Trinajstić information content (AvgIpc) is 2.53. The Hall–Kier alpha value is -1.91. The van der Waals surface area contributed by atoms with Crippen LogP contribution in [0.1, 0.15) is 36.6 Å². The first-order valence-corrected chi connectivity index (χ1v) is 7.29. The van der Waals surface area contributed by atoms with Crippen LogP contribution in [0.5, 0.6) is 0 Å². The van der Waals surface area contributed by atoms with Gasteiger partial charge in [-0.3, -0.25) is 0 Å². The number of hydrogen-bond donors (Lipinski definition) is 2. The van der Waals surface area contributed by atoms with Gasteiger partial charge in [0.1, 0.15) is 11.9 Å². The van der Waals surface area contributed by atoms with Crippen molar-refractivity contribution in [3.8, 4) is 0 Å². The van der Waals surface area contributed by atoms with Gasteiger partial charge in [-0.25, -0.2) is 4.98 Å². The second-order valence-corrected chi connectivity index (χ2v) is 4.98. The molecule has 0 spiro atoms. The minimum Gasteiger partial charge on any atom is -0.383 e. The van der Waals surface area contributed by atoms with E-state index < -0.39 is 0 Å². The highest BCUT2D eigenvalue weighted by Crippen LogP contribution is 2.33. The van der Waals surface area contributed by atoms with Crippen molar-refractivity contribution in [1.82, 2.24) is 10.3 Å². The molecular formula is C17H23N3O. The zero-order valence-electron chi connectivity index (χ0n) is 12.6. The SMILES string of the molecule is CCCNC(c1cccnc1N)C(OC)c1ccccc1. The van der Waals surface area contributed by atoms with Gasteiger partial charge in [0.2, 0.25) is 0 Å². The lowest BCUT2D eigenvalue weighted by molar-refractivity contribution is 0.0677. The number of aromatic nitrogens is 1. The largest absolute Gasteiger partial charge is 0.383 e. The van der Waals surface area contributed by atoms with Gasteiger partial charge < -0.3 is 15.8 Å². The van der Waals surface area contributed by atoms with E-state index in [0.29, 0.717) is 5.82 Å². The van der Waals surface area contributed by atoms with Crippen molar-refractivity contribution in [3.63, 3.8) is 0 Å². The summed E-state index contributed by atoms with van der Waals surface area (Å²) in [7, 11) is 1.73. The molecule has 112 valence electrons. The van der Waals surface area contributed by atoms with Crippen LogP contribution in [0.25, 0.3) is 0 Å². The van der Waals surface area contributed by atoms with Crippen LogP contribution in [-0.2, 0) is 4.74 Å². The third-order valence-corrected chi connectivity index (χ3v) is 3.51. The Labute approximate surface area is 126 Å². The molecule has 0 aliphatic rings. The molecule has 1 aromatic carbocycles. The Kier molecular flexibility index (Phi) is 5.72. The van der Waals surface area contributed by atoms with Crippen molar-refractivity contribution >= 4 is 5.82 Å². The number of nitrogens with one attached hydrogen (secondary N) is 1. The Balaban J connectivity index is 2.36. The second kappa shape index (κ2) is 7.76. The molecule has 0 aliphatic carbocycles. The van der Waals surface area contributed by atoms with Gasteiger partial charge in [-0.05, 0) is 24.6 Å². The van der Waals surface area contributed by atoms with Crippen LogP contribution in [0, 0.1) is 0 Å². The normalized spacial score (nSPS) is 13.8. The number of ether oxygens (including phenoxy) is 1. The third-order valence-electron chi connectivity index (χ3n) is 3.51. The molecule has 21 heavy (non-hydrogen) atoms. The first-order valence-electron chi connectivity index (χ1n) is 7.29. The Morgan fingerprint density at radius 2 is 1.95 bits per heavy atom. The highest BCUT2D eigenvalue weighted by Gasteiger charge is 2.26. The number of anilines is 1. The fraction of sp³-hybridized carbons (Fsp3) is 0.353. The number of methoxy groups -OCH3 is 1. The summed E-state index contributed by atoms with van der Waals surface area (Å²) in [5.41, 5.74) is 8.15. The average molecular weight is 285 g/mol. The van der Waals surface area contributed by atoms with E-state index >= 15 is 0 Å². The van der Waals surface area contributed by atoms with Crippen molar-refractivity contribution in [3.05, 3.63) is 59.8 Å². The minimum absolute atomic E-state index is 0.0222. The smallest absolute Gasteiger partial charge is 0.128 e. The second-order valence-electron chi connectivity index (χ2n) is 4.98. The van der Waals surface area contributed by atoms with Crippen molar-refractivity contribution in [2.75, 3.05) is 19.4 Å². The fourth-order valence-corrected chi connectivity index (χ4v) is 2.48. The van der Waals surface area contributed by atoms with Gasteiger partial charge in [-0.2, -0.15) is 0 Å². The number of hydrogen-bond acceptors (Lipinski definition) is 4. The summed E-state index contributed by atoms with van der Waals surface area (Å²) in [6, 6.07) is 14.1. The van der Waals surface area contributed by atoms with E-state index in [1.54, 1.807) is 13.3 Å². The van der Waals surface area contributed by atoms with E-state index in [2.05, 4.69) is 29.4 Å². The predicted octanol–water partition coefficient (Wildman–Crippen LogP) is 3.09. The summed E-state index contributed by atoms with van der Waals surface area (Å²) < 4.78 is 5.76. The number of benzene rings is 1. The van der Waals surface area contributed by atoms with Crippen LogP contribution in [0.15, 0.2) is 48.7 Å². The summed E-state index contributed by atoms with van der Waals surface area (Å²) in [4.78, 5) is 4.20. The van der Waals surface area contributed by atoms with Crippen LogP contribution in [0.2, 0.25) is 0 Å². The number of nitrogens with two attached hydrogens (primary N) is 1. The minimum atomic E-state index is -0.107. The maximum absolute atomic E-state index is 6.06. The van der Waals surface area contributed by atoms with Gasteiger partial charge in [0.25, 0.3) is 0 Å². The Morgan fingerprint density at radius 3 is 2.57 bits per heavy atom. The predicted molar refractivity (Wildman–Crippen MR) is 85.9 cm³/mol. The molecule has 0 amide bonds. The molecular weight excluding hydrogens is 262 g/mol. The van der Waals surface area contributed by atoms with Crippen LogP contribution >= 0.6 is 0 Å². The summed E-state index contributed by atoms with van der Waals surface area (Å²) in [5, 5.41) is 3.53. The van der Waals surface area contributed by atoms with Gasteiger partial charge in [0, 0.05) is 18.9 Å². The van der Waals surface area contributed by atoms with E-state index in [1.165, 1.54) is 0 Å². The van der Waals surface area contributed by atoms with E-state index in [-0.39, 0.29) is 12.1 Å². The van der Waals surface area contributed by atoms with Crippen LogP contribution in [0.4, 0.5) is 5.82 Å². The van der Waals surface area contributed by atoms with Crippen LogP contribution in [0.3, 0.4) is 0 Å². The third kappa shape index (κ3) is 3.80. The zero-order valence-corrected chi connectivity index (χ0v) is 12.6. The molecule has 0 bridgehead atoms. The van der Waals surface area contributed by atoms with Gasteiger partial charge >= 0.3 is 0 Å². The van der Waals surface area contributed by atoms with Gasteiger partial charge in [0.05, 0.1) is 6.04 Å². The molecule has 2 aromatic rings. The van der Waals surface area contributed by atoms with E-state index in [0.717, 1.165) is 24.1 Å². The molecule has 2 rings (SSSR count). The maximum Gasteiger partial charge on any atom is 0.128 e. The standard InChI is InChI=1S/C17H23N3O/c1-3-11-19-15(14-10-7-12-20-17(14)18)16(21-2)13-8-5-4-6-9-13/h4-10,12,15-16,19H,3,11H2,1-2H3,(H2,18,20). The topological polar surface area (TPSA) is 60.2 Å². The summed E-state index contributed by atoms with van der Waals surface area (Å²) in [6.45, 7) is 3.03. The van der Waals surface area contributed by atoms with Gasteiger partial charge in [0.15, 0.2) is 0 Å². The summed E-state index contributed by atoms with van der Waals surface area (Å²) in [6.07, 6.45) is 2.64. The molecule has 2 unspecified atom stereocenters. The molecule has 0 saturated heterocycles. The monoisotopic (exact) mass is 285 g/mol. The lowest BCUT2D eigenvalue weighted by atomic mass is 9.95. The van der Waals surface area contributed by atoms with E-state index in [9.17, 15) is 0 Å². The van der Waals surface area contributed by atoms with Crippen molar-refractivity contribution in [2.24, 2.45) is 0 Å². The lowest BCUT2D eigenvalue weighted by Crippen LogP contribution is -2.29. The molecule has 1 heterocycles. The van der Waals surface area contributed by atoms with Crippen molar-refractivity contribution in [1.29, 1.82) is 0 Å². The first-order chi connectivity index (χ1) is 10.3. The van der Waals surface area contributed by atoms with Crippen LogP contribution < -0.4 is 11.1 Å². The molecule has 4 nitrogen and oxygen atoms in total. The van der Waals surface area contributed by atoms with Crippen molar-refractivity contribution in [2.45, 2.75) is 25.5 Å².